The van der Waals surface area contributed by atoms with E-state index in [0.29, 0.717) is 41.7 Å². The summed E-state index contributed by atoms with van der Waals surface area (Å²) in [6.07, 6.45) is 9.71. The van der Waals surface area contributed by atoms with Crippen molar-refractivity contribution in [1.82, 2.24) is 15.5 Å². The molecule has 4 rings (SSSR count). The largest absolute Gasteiger partial charge is 0.353 e. The molecule has 2 saturated carbocycles. The molecule has 0 bridgehead atoms. The van der Waals surface area contributed by atoms with Crippen molar-refractivity contribution in [3.63, 3.8) is 0 Å². The van der Waals surface area contributed by atoms with Crippen LogP contribution in [0.25, 0.3) is 0 Å². The van der Waals surface area contributed by atoms with E-state index in [1.54, 1.807) is 0 Å². The van der Waals surface area contributed by atoms with E-state index in [-0.39, 0.29) is 29.2 Å². The van der Waals surface area contributed by atoms with Crippen LogP contribution < -0.4 is 10.6 Å². The number of nitriles is 1. The normalized spacial score (nSPS) is 41.9. The zero-order chi connectivity index (χ0) is 25.3. The van der Waals surface area contributed by atoms with Crippen LogP contribution in [0.4, 0.5) is 0 Å². The van der Waals surface area contributed by atoms with Gasteiger partial charge in [0.2, 0.25) is 11.8 Å². The molecule has 0 aromatic rings. The molecule has 4 fully saturated rings. The Morgan fingerprint density at radius 1 is 1.17 bits per heavy atom. The first-order chi connectivity index (χ1) is 16.7. The molecule has 0 aromatic carbocycles. The fourth-order valence-corrected chi connectivity index (χ4v) is 7.88. The van der Waals surface area contributed by atoms with Crippen molar-refractivity contribution in [1.29, 1.82) is 5.26 Å². The Bertz CT molecular complexity index is 824. The molecular weight excluding hydrogens is 436 g/mol. The van der Waals surface area contributed by atoms with Gasteiger partial charge in [-0.3, -0.25) is 9.59 Å². The Morgan fingerprint density at radius 3 is 2.66 bits per heavy atom. The second kappa shape index (κ2) is 10.8. The van der Waals surface area contributed by atoms with Gasteiger partial charge in [0.25, 0.3) is 0 Å². The van der Waals surface area contributed by atoms with E-state index in [9.17, 15) is 14.9 Å². The van der Waals surface area contributed by atoms with E-state index in [1.165, 1.54) is 0 Å². The molecule has 0 radical (unpaired) electrons. The Labute approximate surface area is 213 Å². The highest BCUT2D eigenvalue weighted by atomic mass is 16.2. The molecule has 2 heterocycles. The first-order valence-electron chi connectivity index (χ1n) is 14.4. The van der Waals surface area contributed by atoms with Crippen LogP contribution in [0.3, 0.4) is 0 Å². The fourth-order valence-electron chi connectivity index (χ4n) is 7.88. The van der Waals surface area contributed by atoms with Gasteiger partial charge in [-0.25, -0.2) is 0 Å². The van der Waals surface area contributed by atoms with Gasteiger partial charge in [0, 0.05) is 43.6 Å². The predicted molar refractivity (Wildman–Crippen MR) is 138 cm³/mol. The molecule has 2 aliphatic carbocycles. The first kappa shape index (κ1) is 26.5. The number of fused-ring (bicyclic) bond motifs is 1. The highest BCUT2D eigenvalue weighted by Crippen LogP contribution is 2.45. The molecule has 0 aromatic heterocycles. The Hall–Kier alpha value is -1.61. The van der Waals surface area contributed by atoms with Gasteiger partial charge in [-0.1, -0.05) is 20.3 Å². The molecule has 35 heavy (non-hydrogen) atoms. The Morgan fingerprint density at radius 2 is 1.94 bits per heavy atom. The number of nitrogens with one attached hydrogen (secondary N) is 2. The Kier molecular flexibility index (Phi) is 8.15. The van der Waals surface area contributed by atoms with Gasteiger partial charge in [-0.2, -0.15) is 5.26 Å². The molecule has 10 atom stereocenters. The van der Waals surface area contributed by atoms with Crippen LogP contribution in [0.1, 0.15) is 91.9 Å². The maximum atomic E-state index is 13.5. The van der Waals surface area contributed by atoms with Crippen molar-refractivity contribution in [3.05, 3.63) is 0 Å². The number of nitrogens with zero attached hydrogens (tertiary/aromatic N) is 2. The van der Waals surface area contributed by atoms with Crippen molar-refractivity contribution in [2.24, 2.45) is 40.9 Å². The topological polar surface area (TPSA) is 85.2 Å². The Balaban J connectivity index is 1.38. The summed E-state index contributed by atoms with van der Waals surface area (Å²) in [5.74, 6) is 2.29. The van der Waals surface area contributed by atoms with Crippen LogP contribution >= 0.6 is 0 Å². The summed E-state index contributed by atoms with van der Waals surface area (Å²) in [5.41, 5.74) is -0.332. The SMILES string of the molecule is CCC(C)(C#N)C1CCCC(C(=O)NC2CCC(C)C(C3CC4CNC(C)CC4N(C)C3=O)C2)C1. The minimum absolute atomic E-state index is 0.0179. The third kappa shape index (κ3) is 5.41. The molecule has 2 N–H and O–H groups in total. The average molecular weight is 485 g/mol. The van der Waals surface area contributed by atoms with E-state index in [2.05, 4.69) is 49.3 Å². The van der Waals surface area contributed by atoms with E-state index >= 15 is 0 Å². The van der Waals surface area contributed by atoms with Crippen molar-refractivity contribution in [2.75, 3.05) is 13.6 Å². The van der Waals surface area contributed by atoms with E-state index in [0.717, 1.165) is 70.8 Å². The first-order valence-corrected chi connectivity index (χ1v) is 14.4. The summed E-state index contributed by atoms with van der Waals surface area (Å²) in [5, 5.41) is 16.8. The quantitative estimate of drug-likeness (QED) is 0.602. The molecule has 2 amide bonds. The minimum atomic E-state index is -0.332. The van der Waals surface area contributed by atoms with Gasteiger partial charge in [0.15, 0.2) is 0 Å². The summed E-state index contributed by atoms with van der Waals surface area (Å²) < 4.78 is 0. The molecule has 0 spiro atoms. The van der Waals surface area contributed by atoms with E-state index in [1.807, 2.05) is 7.05 Å². The van der Waals surface area contributed by atoms with Gasteiger partial charge in [-0.05, 0) is 95.3 Å². The number of amides is 2. The number of piperidine rings is 2. The van der Waals surface area contributed by atoms with Crippen molar-refractivity contribution >= 4 is 11.8 Å². The van der Waals surface area contributed by atoms with E-state index < -0.39 is 0 Å². The summed E-state index contributed by atoms with van der Waals surface area (Å²) in [7, 11) is 2.02. The van der Waals surface area contributed by atoms with Gasteiger partial charge in [0.05, 0.1) is 11.5 Å². The van der Waals surface area contributed by atoms with Crippen LogP contribution in [0.15, 0.2) is 0 Å². The van der Waals surface area contributed by atoms with Gasteiger partial charge in [0.1, 0.15) is 0 Å². The number of likely N-dealkylation sites (tertiary alicyclic amines) is 1. The van der Waals surface area contributed by atoms with Gasteiger partial charge < -0.3 is 15.5 Å². The van der Waals surface area contributed by atoms with Gasteiger partial charge in [-0.15, -0.1) is 0 Å². The second-order valence-corrected chi connectivity index (χ2v) is 12.8. The third-order valence-electron chi connectivity index (χ3n) is 10.6. The summed E-state index contributed by atoms with van der Waals surface area (Å²) >= 11 is 0. The molecule has 196 valence electrons. The maximum absolute atomic E-state index is 13.5. The van der Waals surface area contributed by atoms with E-state index in [4.69, 9.17) is 0 Å². The van der Waals surface area contributed by atoms with Crippen LogP contribution in [-0.4, -0.2) is 48.4 Å². The molecule has 10 unspecified atom stereocenters. The molecule has 2 saturated heterocycles. The molecule has 2 aliphatic heterocycles. The van der Waals surface area contributed by atoms with Crippen molar-refractivity contribution in [2.45, 2.75) is 110 Å². The van der Waals surface area contributed by atoms with Crippen molar-refractivity contribution in [3.8, 4) is 6.07 Å². The average Bonchev–Trinajstić information content (AvgIpc) is 2.87. The lowest BCUT2D eigenvalue weighted by atomic mass is 9.65. The predicted octanol–water partition coefficient (Wildman–Crippen LogP) is 4.50. The van der Waals surface area contributed by atoms with Crippen LogP contribution in [0.2, 0.25) is 0 Å². The number of hydrogen-bond acceptors (Lipinski definition) is 4. The minimum Gasteiger partial charge on any atom is -0.353 e. The zero-order valence-electron chi connectivity index (χ0n) is 22.7. The number of carbonyl (C=O) groups is 2. The lowest BCUT2D eigenvalue weighted by Crippen LogP contribution is -2.60. The molecule has 6 heteroatoms. The summed E-state index contributed by atoms with van der Waals surface area (Å²) in [4.78, 5) is 28.9. The van der Waals surface area contributed by atoms with Crippen molar-refractivity contribution < 1.29 is 9.59 Å². The van der Waals surface area contributed by atoms with Gasteiger partial charge >= 0.3 is 0 Å². The monoisotopic (exact) mass is 484 g/mol. The molecule has 4 aliphatic rings. The summed E-state index contributed by atoms with van der Waals surface area (Å²) in [6, 6.07) is 3.55. The highest BCUT2D eigenvalue weighted by molar-refractivity contribution is 5.80. The zero-order valence-corrected chi connectivity index (χ0v) is 22.7. The number of rotatable bonds is 5. The number of hydrogen-bond donors (Lipinski definition) is 2. The number of carbonyl (C=O) groups excluding carboxylic acids is 2. The van der Waals surface area contributed by atoms with Crippen LogP contribution in [-0.2, 0) is 9.59 Å². The molecule has 6 nitrogen and oxygen atoms in total. The summed E-state index contributed by atoms with van der Waals surface area (Å²) in [6.45, 7) is 9.68. The molecular formula is C29H48N4O2. The van der Waals surface area contributed by atoms with Crippen LogP contribution in [0.5, 0.6) is 0 Å². The van der Waals surface area contributed by atoms with Crippen LogP contribution in [0, 0.1) is 52.3 Å². The fraction of sp³-hybridized carbons (Fsp3) is 0.897. The smallest absolute Gasteiger partial charge is 0.225 e. The lowest BCUT2D eigenvalue weighted by Gasteiger charge is -2.50. The lowest BCUT2D eigenvalue weighted by molar-refractivity contribution is -0.148. The highest BCUT2D eigenvalue weighted by Gasteiger charge is 2.47. The second-order valence-electron chi connectivity index (χ2n) is 12.8. The standard InChI is InChI=1S/C29H48N4O2/c1-6-29(4,17-30)22-9-7-8-20(13-22)27(34)32-23-11-10-18(2)24(15-23)25-14-21-16-31-19(3)12-26(21)33(5)28(25)35/h18-26,31H,6-16H2,1-5H3,(H,32,34). The maximum Gasteiger partial charge on any atom is 0.225 e. The third-order valence-corrected chi connectivity index (χ3v) is 10.6.